The van der Waals surface area contributed by atoms with Gasteiger partial charge in [0.2, 0.25) is 0 Å². The van der Waals surface area contributed by atoms with Gasteiger partial charge in [-0.15, -0.1) is 0 Å². The van der Waals surface area contributed by atoms with Crippen molar-refractivity contribution in [2.24, 2.45) is 11.8 Å². The number of carbonyl (C=O) groups is 2. The summed E-state index contributed by atoms with van der Waals surface area (Å²) in [6.45, 7) is 10.3. The Labute approximate surface area is 254 Å². The number of amides is 2. The fraction of sp³-hybridized carbons (Fsp3) is 0.576. The van der Waals surface area contributed by atoms with Crippen LogP contribution in [0.3, 0.4) is 0 Å². The van der Waals surface area contributed by atoms with Crippen molar-refractivity contribution in [2.45, 2.75) is 93.9 Å². The molecule has 40 heavy (non-hydrogen) atoms. The molecule has 0 N–H and O–H groups in total. The number of thiophene rings is 2. The maximum absolute atomic E-state index is 14.5. The fourth-order valence-corrected chi connectivity index (χ4v) is 13.0. The van der Waals surface area contributed by atoms with Crippen molar-refractivity contribution in [3.8, 4) is 0 Å². The molecule has 2 aliphatic heterocycles. The molecule has 0 fully saturated rings. The van der Waals surface area contributed by atoms with Crippen molar-refractivity contribution in [2.75, 3.05) is 13.1 Å². The molecular formula is C33H48N2O2S2Sn. The summed E-state index contributed by atoms with van der Waals surface area (Å²) in [5.74, 6) is 0.899. The molecule has 2 aliphatic rings. The Balaban J connectivity index is 1.87. The normalized spacial score (nSPS) is 17.5. The molecule has 2 aromatic rings. The Hall–Kier alpha value is -1.38. The topological polar surface area (TPSA) is 40.6 Å². The van der Waals surface area contributed by atoms with E-state index in [0.29, 0.717) is 36.1 Å². The van der Waals surface area contributed by atoms with Crippen molar-refractivity contribution < 1.29 is 9.59 Å². The van der Waals surface area contributed by atoms with E-state index in [-0.39, 0.29) is 11.8 Å². The van der Waals surface area contributed by atoms with Gasteiger partial charge in [0.05, 0.1) is 0 Å². The van der Waals surface area contributed by atoms with E-state index in [1.54, 1.807) is 11.3 Å². The van der Waals surface area contributed by atoms with Crippen molar-refractivity contribution in [1.82, 2.24) is 9.80 Å². The molecule has 218 valence electrons. The van der Waals surface area contributed by atoms with Crippen LogP contribution >= 0.6 is 22.7 Å². The SMILES string of the molecule is CCCCC(CC)CN1C(=O)C2=C(c3cc[c]([Sn]([CH3])([CH3])[CH3])s3)N(CC(CC)CCCC)C(=O)C2=C1c1cccs1. The van der Waals surface area contributed by atoms with E-state index in [2.05, 4.69) is 66.1 Å². The first-order chi connectivity index (χ1) is 19.2. The molecule has 0 bridgehead atoms. The van der Waals surface area contributed by atoms with Crippen molar-refractivity contribution >= 4 is 67.2 Å². The molecule has 4 heterocycles. The Kier molecular flexibility index (Phi) is 10.8. The van der Waals surface area contributed by atoms with E-state index < -0.39 is 18.4 Å². The predicted molar refractivity (Wildman–Crippen MR) is 175 cm³/mol. The van der Waals surface area contributed by atoms with Gasteiger partial charge in [-0.1, -0.05) is 6.92 Å². The summed E-state index contributed by atoms with van der Waals surface area (Å²) in [6, 6.07) is 8.57. The van der Waals surface area contributed by atoms with Crippen LogP contribution in [0.15, 0.2) is 40.8 Å². The van der Waals surface area contributed by atoms with E-state index >= 15 is 0 Å². The molecule has 0 saturated carbocycles. The van der Waals surface area contributed by atoms with E-state index in [9.17, 15) is 9.59 Å². The molecule has 0 radical (unpaired) electrons. The second-order valence-corrected chi connectivity index (χ2v) is 29.9. The number of unbranched alkanes of at least 4 members (excludes halogenated alkanes) is 2. The van der Waals surface area contributed by atoms with Crippen molar-refractivity contribution in [3.05, 3.63) is 50.5 Å². The van der Waals surface area contributed by atoms with Crippen LogP contribution < -0.4 is 2.89 Å². The third kappa shape index (κ3) is 6.49. The monoisotopic (exact) mass is 688 g/mol. The second kappa shape index (κ2) is 13.7. The van der Waals surface area contributed by atoms with Gasteiger partial charge in [0, 0.05) is 0 Å². The number of hydrogen-bond donors (Lipinski definition) is 0. The van der Waals surface area contributed by atoms with Crippen LogP contribution in [0.1, 0.15) is 88.8 Å². The van der Waals surface area contributed by atoms with Crippen LogP contribution in [0.4, 0.5) is 0 Å². The Morgan fingerprint density at radius 1 is 0.750 bits per heavy atom. The van der Waals surface area contributed by atoms with Crippen molar-refractivity contribution in [1.29, 1.82) is 0 Å². The van der Waals surface area contributed by atoms with Gasteiger partial charge in [-0.25, -0.2) is 0 Å². The summed E-state index contributed by atoms with van der Waals surface area (Å²) in [6.07, 6.45) is 8.93. The van der Waals surface area contributed by atoms with E-state index in [1.165, 1.54) is 15.7 Å². The van der Waals surface area contributed by atoms with Crippen LogP contribution in [-0.2, 0) is 9.59 Å². The average molecular weight is 688 g/mol. The third-order valence-electron chi connectivity index (χ3n) is 8.48. The first-order valence-electron chi connectivity index (χ1n) is 15.4. The summed E-state index contributed by atoms with van der Waals surface area (Å²) in [7, 11) is 0. The molecule has 2 atom stereocenters. The van der Waals surface area contributed by atoms with Gasteiger partial charge in [-0.05, 0) is 0 Å². The predicted octanol–water partition coefficient (Wildman–Crippen LogP) is 8.59. The Morgan fingerprint density at radius 2 is 1.27 bits per heavy atom. The second-order valence-electron chi connectivity index (χ2n) is 12.5. The third-order valence-corrected chi connectivity index (χ3v) is 19.9. The molecule has 7 heteroatoms. The van der Waals surface area contributed by atoms with Gasteiger partial charge < -0.3 is 0 Å². The summed E-state index contributed by atoms with van der Waals surface area (Å²) < 4.78 is 1.48. The van der Waals surface area contributed by atoms with Crippen LogP contribution in [0.5, 0.6) is 0 Å². The quantitative estimate of drug-likeness (QED) is 0.176. The zero-order valence-corrected chi connectivity index (χ0v) is 30.1. The number of nitrogens with zero attached hydrogens (tertiary/aromatic N) is 2. The average Bonchev–Trinajstić information content (AvgIpc) is 3.71. The Morgan fingerprint density at radius 3 is 1.68 bits per heavy atom. The van der Waals surface area contributed by atoms with Crippen molar-refractivity contribution in [3.63, 3.8) is 0 Å². The molecule has 2 aromatic heterocycles. The van der Waals surface area contributed by atoms with Crippen LogP contribution in [0.25, 0.3) is 11.4 Å². The molecule has 0 aliphatic carbocycles. The first-order valence-corrected chi connectivity index (χ1v) is 27.1. The number of fused-ring (bicyclic) bond motifs is 1. The van der Waals surface area contributed by atoms with Gasteiger partial charge in [0.1, 0.15) is 0 Å². The Bertz CT molecular complexity index is 1250. The van der Waals surface area contributed by atoms with Crippen LogP contribution in [-0.4, -0.2) is 53.1 Å². The number of rotatable bonds is 15. The molecule has 2 amide bonds. The minimum atomic E-state index is -2.32. The van der Waals surface area contributed by atoms with E-state index in [0.717, 1.165) is 59.7 Å². The summed E-state index contributed by atoms with van der Waals surface area (Å²) in [4.78, 5) is 42.4. The van der Waals surface area contributed by atoms with Gasteiger partial charge >= 0.3 is 249 Å². The summed E-state index contributed by atoms with van der Waals surface area (Å²) >= 11 is 1.14. The molecule has 2 unspecified atom stereocenters. The molecule has 4 rings (SSSR count). The molecule has 0 saturated heterocycles. The summed E-state index contributed by atoms with van der Waals surface area (Å²) in [5, 5.41) is 2.06. The van der Waals surface area contributed by atoms with Crippen LogP contribution in [0.2, 0.25) is 14.8 Å². The standard InChI is InChI=1S/C30H39N2O2S2.3CH3.Sn/c1-5-9-13-21(7-3)19-31-27(23-15-11-17-35-23)25-26(29(31)33)28(24-16-12-18-36-24)32(30(25)34)20-22(8-4)14-10-6-2;;;;/h11-12,15-17,21-22H,5-10,13-14,19-20H2,1-4H3;3*1H3;. The molecule has 0 spiro atoms. The van der Waals surface area contributed by atoms with Gasteiger partial charge in [0.25, 0.3) is 0 Å². The zero-order valence-electron chi connectivity index (χ0n) is 25.6. The maximum atomic E-state index is 14.5. The summed E-state index contributed by atoms with van der Waals surface area (Å²) in [5.41, 5.74) is 3.03. The van der Waals surface area contributed by atoms with Gasteiger partial charge in [0.15, 0.2) is 0 Å². The first kappa shape index (κ1) is 31.6. The minimum absolute atomic E-state index is 0.0232. The van der Waals surface area contributed by atoms with Crippen LogP contribution in [0, 0.1) is 11.8 Å². The van der Waals surface area contributed by atoms with E-state index in [4.69, 9.17) is 0 Å². The van der Waals surface area contributed by atoms with Gasteiger partial charge in [-0.3, -0.25) is 0 Å². The van der Waals surface area contributed by atoms with E-state index in [1.807, 2.05) is 27.2 Å². The number of hydrogen-bond acceptors (Lipinski definition) is 4. The van der Waals surface area contributed by atoms with Gasteiger partial charge in [-0.2, -0.15) is 0 Å². The molecule has 0 aromatic carbocycles. The molecular weight excluding hydrogens is 639 g/mol. The zero-order chi connectivity index (χ0) is 29.0. The number of carbonyl (C=O) groups excluding carboxylic acids is 2. The molecule has 4 nitrogen and oxygen atoms in total. The fourth-order valence-electron chi connectivity index (χ4n) is 5.89.